The average Bonchev–Trinajstić information content (AvgIpc) is 4.01. The first-order valence-corrected chi connectivity index (χ1v) is 17.9. The molecule has 2 aliphatic carbocycles. The van der Waals surface area contributed by atoms with Gasteiger partial charge in [0, 0.05) is 41.8 Å². The lowest BCUT2D eigenvalue weighted by Gasteiger charge is -2.26. The Morgan fingerprint density at radius 3 is 2.47 bits per heavy atom. The second-order valence-corrected chi connectivity index (χ2v) is 15.4. The number of rotatable bonds is 13. The van der Waals surface area contributed by atoms with Gasteiger partial charge in [-0.1, -0.05) is 50.3 Å². The van der Waals surface area contributed by atoms with Gasteiger partial charge in [-0.05, 0) is 37.3 Å². The summed E-state index contributed by atoms with van der Waals surface area (Å²) in [4.78, 5) is 59.9. The van der Waals surface area contributed by atoms with E-state index in [0.29, 0.717) is 40.9 Å². The van der Waals surface area contributed by atoms with E-state index >= 15 is 0 Å². The van der Waals surface area contributed by atoms with Crippen molar-refractivity contribution >= 4 is 44.4 Å². The molecule has 6 rings (SSSR count). The molecule has 2 heterocycles. The van der Waals surface area contributed by atoms with Crippen molar-refractivity contribution in [1.82, 2.24) is 19.9 Å². The Bertz CT molecular complexity index is 1930. The van der Waals surface area contributed by atoms with Gasteiger partial charge in [-0.2, -0.15) is 0 Å². The molecule has 3 fully saturated rings. The van der Waals surface area contributed by atoms with Gasteiger partial charge in [0.1, 0.15) is 29.2 Å². The Morgan fingerprint density at radius 1 is 1.10 bits per heavy atom. The molecule has 3 aliphatic rings. The molecule has 12 nitrogen and oxygen atoms in total. The number of sulfonamides is 1. The molecule has 3 aromatic rings. The van der Waals surface area contributed by atoms with E-state index < -0.39 is 62.4 Å². The van der Waals surface area contributed by atoms with Crippen LogP contribution in [0.3, 0.4) is 0 Å². The number of carbonyl (C=O) groups is 4. The van der Waals surface area contributed by atoms with Crippen molar-refractivity contribution in [1.29, 1.82) is 0 Å². The number of ketones is 1. The molecule has 1 unspecified atom stereocenters. The number of benzene rings is 2. The van der Waals surface area contributed by atoms with Crippen LogP contribution < -0.4 is 19.5 Å². The Morgan fingerprint density at radius 2 is 1.84 bits per heavy atom. The highest BCUT2D eigenvalue weighted by molar-refractivity contribution is 7.91. The number of Topliss-reactive ketones (excluding diaryl/α,β-unsaturated/α-hetero) is 1. The number of fused-ring (bicyclic) bond motifs is 1. The molecule has 2 N–H and O–H groups in total. The van der Waals surface area contributed by atoms with Crippen LogP contribution in [0.15, 0.2) is 67.3 Å². The first kappa shape index (κ1) is 34.1. The largest absolute Gasteiger partial charge is 0.497 e. The first-order valence-electron chi connectivity index (χ1n) is 16.4. The van der Waals surface area contributed by atoms with Gasteiger partial charge in [-0.25, -0.2) is 13.4 Å². The fraction of sp³-hybridized carbons (Fsp3) is 0.417. The van der Waals surface area contributed by atoms with Gasteiger partial charge in [0.2, 0.25) is 21.7 Å². The SMILES string of the molecule is C=C[C@@H]1C[C@]1(NC(=O)C1C[C@@H](Oc2cc(-c3ccccc3)nc3cc(OC)ccc23)CN1C(=O)C(=O)CC(C)C)C(=O)NS(=O)(=O)C1CC1. The quantitative estimate of drug-likeness (QED) is 0.202. The highest BCUT2D eigenvalue weighted by atomic mass is 32.2. The van der Waals surface area contributed by atoms with Crippen LogP contribution in [-0.2, 0) is 29.2 Å². The zero-order valence-corrected chi connectivity index (χ0v) is 28.5. The number of aromatic nitrogens is 1. The molecule has 0 bridgehead atoms. The first-order chi connectivity index (χ1) is 23.3. The smallest absolute Gasteiger partial charge is 0.290 e. The van der Waals surface area contributed by atoms with Gasteiger partial charge >= 0.3 is 0 Å². The third-order valence-corrected chi connectivity index (χ3v) is 11.1. The lowest BCUT2D eigenvalue weighted by atomic mass is 10.1. The van der Waals surface area contributed by atoms with Crippen molar-refractivity contribution in [2.75, 3.05) is 13.7 Å². The van der Waals surface area contributed by atoms with Gasteiger partial charge < -0.3 is 19.7 Å². The number of hydrogen-bond acceptors (Lipinski definition) is 9. The van der Waals surface area contributed by atoms with Crippen LogP contribution in [0.1, 0.15) is 46.0 Å². The lowest BCUT2D eigenvalue weighted by molar-refractivity contribution is -0.148. The Kier molecular flexibility index (Phi) is 9.23. The van der Waals surface area contributed by atoms with Crippen LogP contribution in [-0.4, -0.2) is 78.4 Å². The van der Waals surface area contributed by atoms with Crippen LogP contribution in [0.5, 0.6) is 11.5 Å². The normalized spacial score (nSPS) is 23.2. The number of nitrogens with one attached hydrogen (secondary N) is 2. The summed E-state index contributed by atoms with van der Waals surface area (Å²) >= 11 is 0. The summed E-state index contributed by atoms with van der Waals surface area (Å²) in [7, 11) is -2.32. The molecule has 258 valence electrons. The summed E-state index contributed by atoms with van der Waals surface area (Å²) in [6.45, 7) is 7.31. The fourth-order valence-electron chi connectivity index (χ4n) is 6.33. The minimum Gasteiger partial charge on any atom is -0.497 e. The molecule has 2 aromatic carbocycles. The number of methoxy groups -OCH3 is 1. The van der Waals surface area contributed by atoms with E-state index in [1.807, 2.05) is 50.2 Å². The summed E-state index contributed by atoms with van der Waals surface area (Å²) in [5.41, 5.74) is 0.565. The molecular weight excluding hydrogens is 648 g/mol. The zero-order valence-electron chi connectivity index (χ0n) is 27.7. The highest BCUT2D eigenvalue weighted by Crippen LogP contribution is 2.45. The maximum absolute atomic E-state index is 14.0. The monoisotopic (exact) mass is 688 g/mol. The maximum atomic E-state index is 14.0. The fourth-order valence-corrected chi connectivity index (χ4v) is 7.69. The third kappa shape index (κ3) is 7.03. The van der Waals surface area contributed by atoms with Crippen molar-refractivity contribution in [2.45, 2.75) is 68.9 Å². The molecule has 2 saturated carbocycles. The highest BCUT2D eigenvalue weighted by Gasteiger charge is 2.62. The summed E-state index contributed by atoms with van der Waals surface area (Å²) in [6.07, 6.45) is 1.87. The molecular formula is C36H40N4O8S. The number of pyridine rings is 1. The van der Waals surface area contributed by atoms with Crippen LogP contribution in [0.25, 0.3) is 22.2 Å². The lowest BCUT2D eigenvalue weighted by Crippen LogP contribution is -2.57. The number of ether oxygens (including phenoxy) is 2. The van der Waals surface area contributed by atoms with Gasteiger partial charge in [0.25, 0.3) is 11.8 Å². The molecule has 1 aromatic heterocycles. The van der Waals surface area contributed by atoms with Gasteiger partial charge in [0.05, 0.1) is 30.1 Å². The number of hydrogen-bond donors (Lipinski definition) is 2. The minimum absolute atomic E-state index is 0.00361. The van der Waals surface area contributed by atoms with Crippen LogP contribution >= 0.6 is 0 Å². The van der Waals surface area contributed by atoms with Gasteiger partial charge in [-0.3, -0.25) is 23.9 Å². The van der Waals surface area contributed by atoms with E-state index in [2.05, 4.69) is 16.6 Å². The molecule has 1 saturated heterocycles. The summed E-state index contributed by atoms with van der Waals surface area (Å²) < 4.78 is 39.3. The van der Waals surface area contributed by atoms with Crippen LogP contribution in [0.2, 0.25) is 0 Å². The Balaban J connectivity index is 1.30. The Hall–Kier alpha value is -4.78. The topological polar surface area (TPSA) is 161 Å². The minimum atomic E-state index is -3.88. The van der Waals surface area contributed by atoms with Gasteiger partial charge in [-0.15, -0.1) is 6.58 Å². The predicted octanol–water partition coefficient (Wildman–Crippen LogP) is 3.54. The second-order valence-electron chi connectivity index (χ2n) is 13.4. The molecule has 4 atom stereocenters. The summed E-state index contributed by atoms with van der Waals surface area (Å²) in [6, 6.07) is 15.6. The molecule has 0 spiro atoms. The number of amides is 3. The predicted molar refractivity (Wildman–Crippen MR) is 182 cm³/mol. The van der Waals surface area contributed by atoms with Gasteiger partial charge in [0.15, 0.2) is 0 Å². The number of likely N-dealkylation sites (tertiary alicyclic amines) is 1. The van der Waals surface area contributed by atoms with Crippen molar-refractivity contribution in [3.63, 3.8) is 0 Å². The Labute approximate surface area is 285 Å². The van der Waals surface area contributed by atoms with Crippen LogP contribution in [0, 0.1) is 11.8 Å². The van der Waals surface area contributed by atoms with Crippen molar-refractivity contribution < 1.29 is 37.1 Å². The van der Waals surface area contributed by atoms with Crippen LogP contribution in [0.4, 0.5) is 0 Å². The molecule has 49 heavy (non-hydrogen) atoms. The molecule has 0 radical (unpaired) electrons. The van der Waals surface area contributed by atoms with Crippen molar-refractivity contribution in [3.8, 4) is 22.8 Å². The van der Waals surface area contributed by atoms with Crippen molar-refractivity contribution in [2.24, 2.45) is 11.8 Å². The maximum Gasteiger partial charge on any atom is 0.290 e. The molecule has 1 aliphatic heterocycles. The van der Waals surface area contributed by atoms with Crippen molar-refractivity contribution in [3.05, 3.63) is 67.3 Å². The van der Waals surface area contributed by atoms with E-state index in [1.54, 1.807) is 25.3 Å². The van der Waals surface area contributed by atoms with E-state index in [-0.39, 0.29) is 31.7 Å². The summed E-state index contributed by atoms with van der Waals surface area (Å²) in [5, 5.41) is 2.79. The van der Waals surface area contributed by atoms with E-state index in [9.17, 15) is 27.6 Å². The number of nitrogens with zero attached hydrogens (tertiary/aromatic N) is 2. The van der Waals surface area contributed by atoms with E-state index in [4.69, 9.17) is 14.5 Å². The van der Waals surface area contributed by atoms with E-state index in [0.717, 1.165) is 5.56 Å². The molecule has 13 heteroatoms. The molecule has 3 amide bonds. The average molecular weight is 689 g/mol. The van der Waals surface area contributed by atoms with E-state index in [1.165, 1.54) is 11.0 Å². The third-order valence-electron chi connectivity index (χ3n) is 9.25. The standard InChI is InChI=1S/C36H40N4O8S/c1-5-23-19-36(23,35(44)39-49(45,46)26-12-13-26)38-33(42)30-17-25(20-40(30)34(43)31(41)15-21(2)3)48-32-18-28(22-9-7-6-8-10-22)37-29-16-24(47-4)11-14-27(29)32/h5-11,14,16,18,21,23,25-26,30H,1,12-13,15,17,19-20H2,2-4H3,(H,38,42)(H,39,44)/t23-,25-,30?,36-/m1/s1. The summed E-state index contributed by atoms with van der Waals surface area (Å²) in [5.74, 6) is -2.51. The second kappa shape index (κ2) is 13.3. The zero-order chi connectivity index (χ0) is 35.1. The number of carbonyl (C=O) groups excluding carboxylic acids is 4.